The number of hydrogen-bond donors (Lipinski definition) is 2. The molecule has 0 radical (unpaired) electrons. The number of nitrogens with zero attached hydrogens (tertiary/aromatic N) is 2. The molecule has 1 aromatic carbocycles. The molecule has 0 spiro atoms. The van der Waals surface area contributed by atoms with Gasteiger partial charge in [0, 0.05) is 23.9 Å². The Balaban J connectivity index is 1.34. The number of H-pyrrole nitrogens is 1. The lowest BCUT2D eigenvalue weighted by molar-refractivity contribution is 0.294. The Hall–Kier alpha value is -2.58. The maximum absolute atomic E-state index is 13.8. The summed E-state index contributed by atoms with van der Waals surface area (Å²) in [5.74, 6) is -1.43. The molecule has 0 amide bonds. The third-order valence-corrected chi connectivity index (χ3v) is 5.30. The third kappa shape index (κ3) is 3.45. The van der Waals surface area contributed by atoms with Crippen molar-refractivity contribution in [1.29, 1.82) is 0 Å². The molecular weight excluding hydrogens is 366 g/mol. The number of nitrogens with one attached hydrogen (secondary N) is 2. The smallest absolute Gasteiger partial charge is 0.238 e. The summed E-state index contributed by atoms with van der Waals surface area (Å²) in [7, 11) is 0. The van der Waals surface area contributed by atoms with Gasteiger partial charge in [0.1, 0.15) is 23.7 Å². The lowest BCUT2D eigenvalue weighted by atomic mass is 9.95. The molecule has 1 aliphatic carbocycles. The first-order chi connectivity index (χ1) is 13.7. The Kier molecular flexibility index (Phi) is 4.44. The molecule has 0 bridgehead atoms. The van der Waals surface area contributed by atoms with Crippen molar-refractivity contribution in [3.63, 3.8) is 0 Å². The average molecular weight is 386 g/mol. The van der Waals surface area contributed by atoms with E-state index >= 15 is 0 Å². The van der Waals surface area contributed by atoms with Crippen molar-refractivity contribution in [2.24, 2.45) is 0 Å². The van der Waals surface area contributed by atoms with E-state index in [9.17, 15) is 8.78 Å². The van der Waals surface area contributed by atoms with Crippen LogP contribution in [0.1, 0.15) is 43.8 Å². The summed E-state index contributed by atoms with van der Waals surface area (Å²) < 4.78 is 38.2. The monoisotopic (exact) mass is 386 g/mol. The van der Waals surface area contributed by atoms with Crippen LogP contribution < -0.4 is 10.1 Å². The Morgan fingerprint density at radius 3 is 2.86 bits per heavy atom. The van der Waals surface area contributed by atoms with Crippen LogP contribution in [0.5, 0.6) is 11.6 Å². The van der Waals surface area contributed by atoms with E-state index in [2.05, 4.69) is 20.3 Å². The molecule has 2 aromatic heterocycles. The Morgan fingerprint density at radius 2 is 2.04 bits per heavy atom. The van der Waals surface area contributed by atoms with Gasteiger partial charge >= 0.3 is 0 Å². The zero-order chi connectivity index (χ0) is 19.1. The van der Waals surface area contributed by atoms with Crippen molar-refractivity contribution in [2.75, 3.05) is 0 Å². The van der Waals surface area contributed by atoms with Gasteiger partial charge in [-0.2, -0.15) is 0 Å². The topological polar surface area (TPSA) is 75.4 Å². The molecule has 1 aliphatic heterocycles. The van der Waals surface area contributed by atoms with Crippen LogP contribution in [0.3, 0.4) is 0 Å². The summed E-state index contributed by atoms with van der Waals surface area (Å²) >= 11 is 0. The van der Waals surface area contributed by atoms with Gasteiger partial charge in [-0.1, -0.05) is 19.3 Å². The van der Waals surface area contributed by atoms with Crippen molar-refractivity contribution in [2.45, 2.75) is 50.5 Å². The highest BCUT2D eigenvalue weighted by Gasteiger charge is 2.43. The van der Waals surface area contributed by atoms with Gasteiger partial charge < -0.3 is 14.5 Å². The molecule has 1 saturated carbocycles. The summed E-state index contributed by atoms with van der Waals surface area (Å²) in [5, 5.41) is 3.56. The van der Waals surface area contributed by atoms with Gasteiger partial charge in [-0.15, -0.1) is 0 Å². The minimum absolute atomic E-state index is 0.0250. The highest BCUT2D eigenvalue weighted by atomic mass is 19.1. The number of benzene rings is 1. The zero-order valence-electron chi connectivity index (χ0n) is 15.1. The first kappa shape index (κ1) is 17.5. The normalized spacial score (nSPS) is 22.5. The van der Waals surface area contributed by atoms with Crippen LogP contribution in [-0.4, -0.2) is 27.2 Å². The molecule has 6 nitrogen and oxygen atoms in total. The molecule has 28 heavy (non-hydrogen) atoms. The minimum Gasteiger partial charge on any atom is -0.434 e. The van der Waals surface area contributed by atoms with Gasteiger partial charge in [0.2, 0.25) is 5.88 Å². The molecule has 2 fully saturated rings. The lowest BCUT2D eigenvalue weighted by Crippen LogP contribution is -2.33. The van der Waals surface area contributed by atoms with Gasteiger partial charge in [0.25, 0.3) is 0 Å². The van der Waals surface area contributed by atoms with Gasteiger partial charge in [-0.25, -0.2) is 18.7 Å². The quantitative estimate of drug-likeness (QED) is 0.638. The largest absolute Gasteiger partial charge is 0.434 e. The number of fused-ring (bicyclic) bond motifs is 1. The Morgan fingerprint density at radius 1 is 1.18 bits per heavy atom. The van der Waals surface area contributed by atoms with E-state index in [-0.39, 0.29) is 24.0 Å². The fourth-order valence-corrected chi connectivity index (χ4v) is 3.81. The van der Waals surface area contributed by atoms with Crippen LogP contribution >= 0.6 is 0 Å². The van der Waals surface area contributed by atoms with E-state index < -0.39 is 11.6 Å². The van der Waals surface area contributed by atoms with E-state index in [0.717, 1.165) is 17.7 Å². The van der Waals surface area contributed by atoms with Crippen LogP contribution in [-0.2, 0) is 4.74 Å². The second-order valence-electron chi connectivity index (χ2n) is 7.31. The molecule has 5 rings (SSSR count). The number of halogens is 2. The molecule has 146 valence electrons. The first-order valence-corrected chi connectivity index (χ1v) is 9.56. The van der Waals surface area contributed by atoms with Crippen molar-refractivity contribution in [1.82, 2.24) is 20.3 Å². The fourth-order valence-electron chi connectivity index (χ4n) is 3.81. The van der Waals surface area contributed by atoms with E-state index in [0.29, 0.717) is 17.2 Å². The molecule has 2 aliphatic rings. The number of ether oxygens (including phenoxy) is 2. The van der Waals surface area contributed by atoms with Crippen LogP contribution in [0.25, 0.3) is 11.2 Å². The molecule has 1 saturated heterocycles. The second-order valence-corrected chi connectivity index (χ2v) is 7.31. The SMILES string of the molecule is Fc1ccc(Oc2cnc3[nH]cc(C4OC4NC4CCCCC4)c3n2)c(F)c1. The van der Waals surface area contributed by atoms with E-state index in [1.165, 1.54) is 44.4 Å². The summed E-state index contributed by atoms with van der Waals surface area (Å²) in [6, 6.07) is 3.62. The summed E-state index contributed by atoms with van der Waals surface area (Å²) in [6.45, 7) is 0. The maximum atomic E-state index is 13.8. The van der Waals surface area contributed by atoms with Gasteiger partial charge in [-0.3, -0.25) is 5.32 Å². The van der Waals surface area contributed by atoms with Crippen molar-refractivity contribution in [3.8, 4) is 11.6 Å². The molecule has 2 N–H and O–H groups in total. The molecule has 3 aromatic rings. The Bertz CT molecular complexity index is 1000. The average Bonchev–Trinajstić information content (AvgIpc) is 3.32. The number of aromatic nitrogens is 3. The number of hydrogen-bond acceptors (Lipinski definition) is 5. The van der Waals surface area contributed by atoms with E-state index in [1.807, 2.05) is 6.20 Å². The molecule has 2 atom stereocenters. The van der Waals surface area contributed by atoms with Gasteiger partial charge in [0.15, 0.2) is 17.2 Å². The fraction of sp³-hybridized carbons (Fsp3) is 0.400. The number of epoxide rings is 1. The van der Waals surface area contributed by atoms with Crippen molar-refractivity contribution in [3.05, 3.63) is 47.8 Å². The van der Waals surface area contributed by atoms with Crippen molar-refractivity contribution >= 4 is 11.2 Å². The number of rotatable bonds is 5. The standard InChI is InChI=1S/C20H20F2N4O2/c21-11-6-7-15(14(22)8-11)27-16-10-24-19-17(26-16)13(9-23-19)18-20(28-18)25-12-4-2-1-3-5-12/h6-10,12,18,20,25H,1-5H2,(H,23,24). The number of aromatic amines is 1. The van der Waals surface area contributed by atoms with E-state index in [4.69, 9.17) is 9.47 Å². The van der Waals surface area contributed by atoms with Crippen LogP contribution in [0, 0.1) is 11.6 Å². The second kappa shape index (κ2) is 7.10. The Labute approximate surface area is 160 Å². The summed E-state index contributed by atoms with van der Waals surface area (Å²) in [6.07, 6.45) is 9.30. The highest BCUT2D eigenvalue weighted by Crippen LogP contribution is 2.41. The predicted octanol–water partition coefficient (Wildman–Crippen LogP) is 4.35. The maximum Gasteiger partial charge on any atom is 0.238 e. The highest BCUT2D eigenvalue weighted by molar-refractivity contribution is 5.76. The molecule has 8 heteroatoms. The van der Waals surface area contributed by atoms with Crippen molar-refractivity contribution < 1.29 is 18.3 Å². The van der Waals surface area contributed by atoms with Crippen LogP contribution in [0.4, 0.5) is 8.78 Å². The summed E-state index contributed by atoms with van der Waals surface area (Å²) in [4.78, 5) is 11.8. The first-order valence-electron chi connectivity index (χ1n) is 9.56. The molecular formula is C20H20F2N4O2. The van der Waals surface area contributed by atoms with Gasteiger partial charge in [0.05, 0.1) is 6.20 Å². The molecule has 2 unspecified atom stereocenters. The summed E-state index contributed by atoms with van der Waals surface area (Å²) in [5.41, 5.74) is 2.12. The predicted molar refractivity (Wildman–Crippen MR) is 97.9 cm³/mol. The van der Waals surface area contributed by atoms with Crippen LogP contribution in [0.15, 0.2) is 30.6 Å². The third-order valence-electron chi connectivity index (χ3n) is 5.30. The molecule has 3 heterocycles. The minimum atomic E-state index is -0.793. The lowest BCUT2D eigenvalue weighted by Gasteiger charge is -2.21. The van der Waals surface area contributed by atoms with E-state index in [1.54, 1.807) is 0 Å². The zero-order valence-corrected chi connectivity index (χ0v) is 15.1. The van der Waals surface area contributed by atoms with Crippen LogP contribution in [0.2, 0.25) is 0 Å². The van der Waals surface area contributed by atoms with Gasteiger partial charge in [-0.05, 0) is 25.0 Å².